The van der Waals surface area contributed by atoms with Crippen LogP contribution in [0.1, 0.15) is 5.56 Å². The van der Waals surface area contributed by atoms with Crippen molar-refractivity contribution in [2.24, 2.45) is 0 Å². The molecule has 0 saturated carbocycles. The molecule has 0 saturated heterocycles. The van der Waals surface area contributed by atoms with Crippen molar-refractivity contribution < 1.29 is 4.74 Å². The second-order valence-electron chi connectivity index (χ2n) is 6.19. The van der Waals surface area contributed by atoms with E-state index < -0.39 is 5.56 Å². The Morgan fingerprint density at radius 2 is 1.72 bits per heavy atom. The van der Waals surface area contributed by atoms with E-state index in [9.17, 15) is 10.1 Å². The van der Waals surface area contributed by atoms with Crippen molar-refractivity contribution in [3.8, 4) is 34.3 Å². The molecule has 0 unspecified atom stereocenters. The zero-order valence-corrected chi connectivity index (χ0v) is 16.8. The van der Waals surface area contributed by atoms with Crippen LogP contribution < -0.4 is 16.0 Å². The molecular weight excluding hydrogens is 434 g/mol. The summed E-state index contributed by atoms with van der Waals surface area (Å²) in [5, 5.41) is 9.69. The minimum absolute atomic E-state index is 0.0717. The Bertz CT molecular complexity index is 1320. The number of halogens is 1. The van der Waals surface area contributed by atoms with Crippen LogP contribution in [0.4, 0.5) is 5.82 Å². The summed E-state index contributed by atoms with van der Waals surface area (Å²) in [5.41, 5.74) is 7.52. The number of nitrogen functional groups attached to an aromatic ring is 1. The van der Waals surface area contributed by atoms with Crippen molar-refractivity contribution in [3.63, 3.8) is 0 Å². The average Bonchev–Trinajstić information content (AvgIpc) is 2.73. The maximum atomic E-state index is 13.2. The summed E-state index contributed by atoms with van der Waals surface area (Å²) in [4.78, 5) is 22.0. The van der Waals surface area contributed by atoms with Crippen LogP contribution in [0.3, 0.4) is 0 Å². The molecule has 2 aromatic carbocycles. The van der Waals surface area contributed by atoms with Gasteiger partial charge in [-0.05, 0) is 42.0 Å². The number of ether oxygens (including phenoxy) is 1. The summed E-state index contributed by atoms with van der Waals surface area (Å²) >= 11 is 3.40. The van der Waals surface area contributed by atoms with Crippen molar-refractivity contribution in [3.05, 3.63) is 75.0 Å². The summed E-state index contributed by atoms with van der Waals surface area (Å²) in [6.45, 7) is 0. The molecule has 7 nitrogen and oxygen atoms in total. The van der Waals surface area contributed by atoms with E-state index in [1.54, 1.807) is 37.4 Å². The number of anilines is 1. The molecule has 2 heterocycles. The molecule has 0 aliphatic rings. The van der Waals surface area contributed by atoms with Gasteiger partial charge in [-0.2, -0.15) is 10.2 Å². The SMILES string of the molecule is COc1ccc(-c2nc3nc(N)cc(-c4ccc(Br)cc4)n3c(=O)c2C#N)cc1. The van der Waals surface area contributed by atoms with Gasteiger partial charge in [-0.15, -0.1) is 0 Å². The van der Waals surface area contributed by atoms with E-state index in [4.69, 9.17) is 10.5 Å². The summed E-state index contributed by atoms with van der Waals surface area (Å²) in [6, 6.07) is 17.9. The number of nitrogens with two attached hydrogens (primary N) is 1. The van der Waals surface area contributed by atoms with Crippen molar-refractivity contribution >= 4 is 27.5 Å². The number of rotatable bonds is 3. The molecule has 0 aliphatic heterocycles. The molecule has 2 N–H and O–H groups in total. The van der Waals surface area contributed by atoms with E-state index in [0.717, 1.165) is 10.0 Å². The fourth-order valence-corrected chi connectivity index (χ4v) is 3.31. The number of hydrogen-bond acceptors (Lipinski definition) is 6. The molecule has 0 atom stereocenters. The van der Waals surface area contributed by atoms with E-state index in [1.807, 2.05) is 30.3 Å². The first-order valence-corrected chi connectivity index (χ1v) is 9.35. The van der Waals surface area contributed by atoms with Gasteiger partial charge < -0.3 is 10.5 Å². The van der Waals surface area contributed by atoms with E-state index in [2.05, 4.69) is 25.9 Å². The van der Waals surface area contributed by atoms with E-state index in [0.29, 0.717) is 17.0 Å². The third-order valence-electron chi connectivity index (χ3n) is 4.44. The number of hydrogen-bond donors (Lipinski definition) is 1. The van der Waals surface area contributed by atoms with Crippen LogP contribution in [0.25, 0.3) is 28.3 Å². The first kappa shape index (κ1) is 18.7. The van der Waals surface area contributed by atoms with Crippen LogP contribution in [0.15, 0.2) is 63.9 Å². The molecule has 4 aromatic rings. The van der Waals surface area contributed by atoms with Crippen molar-refractivity contribution in [2.75, 3.05) is 12.8 Å². The lowest BCUT2D eigenvalue weighted by Gasteiger charge is -2.12. The number of nitrogens with zero attached hydrogens (tertiary/aromatic N) is 4. The van der Waals surface area contributed by atoms with Gasteiger partial charge in [-0.3, -0.25) is 4.79 Å². The highest BCUT2D eigenvalue weighted by Gasteiger charge is 2.18. The fourth-order valence-electron chi connectivity index (χ4n) is 3.05. The standard InChI is InChI=1S/C21H14BrN5O2/c1-29-15-8-4-13(5-9-15)19-16(11-23)20(28)27-17(10-18(24)25-21(27)26-19)12-2-6-14(22)7-3-12/h2-10H,1H3,(H2,24,25,26). The largest absolute Gasteiger partial charge is 0.497 e. The number of benzene rings is 2. The maximum absolute atomic E-state index is 13.2. The second-order valence-corrected chi connectivity index (χ2v) is 7.11. The fraction of sp³-hybridized carbons (Fsp3) is 0.0476. The molecule has 0 aliphatic carbocycles. The molecule has 0 spiro atoms. The minimum Gasteiger partial charge on any atom is -0.497 e. The Kier molecular flexibility index (Phi) is 4.74. The maximum Gasteiger partial charge on any atom is 0.278 e. The highest BCUT2D eigenvalue weighted by molar-refractivity contribution is 9.10. The van der Waals surface area contributed by atoms with E-state index >= 15 is 0 Å². The third-order valence-corrected chi connectivity index (χ3v) is 4.96. The van der Waals surface area contributed by atoms with Crippen LogP contribution in [0, 0.1) is 11.3 Å². The molecule has 29 heavy (non-hydrogen) atoms. The third kappa shape index (κ3) is 3.32. The number of nitriles is 1. The Hall–Kier alpha value is -3.70. The molecule has 8 heteroatoms. The lowest BCUT2D eigenvalue weighted by Crippen LogP contribution is -2.22. The molecular formula is C21H14BrN5O2. The number of fused-ring (bicyclic) bond motifs is 1. The average molecular weight is 448 g/mol. The molecule has 0 bridgehead atoms. The smallest absolute Gasteiger partial charge is 0.278 e. The lowest BCUT2D eigenvalue weighted by molar-refractivity contribution is 0.415. The van der Waals surface area contributed by atoms with Crippen molar-refractivity contribution in [2.45, 2.75) is 0 Å². The van der Waals surface area contributed by atoms with Gasteiger partial charge in [0.25, 0.3) is 5.56 Å². The molecule has 142 valence electrons. The monoisotopic (exact) mass is 447 g/mol. The first-order valence-electron chi connectivity index (χ1n) is 8.55. The highest BCUT2D eigenvalue weighted by atomic mass is 79.9. The Morgan fingerprint density at radius 3 is 2.34 bits per heavy atom. The van der Waals surface area contributed by atoms with Crippen LogP contribution in [-0.4, -0.2) is 21.5 Å². The van der Waals surface area contributed by atoms with Gasteiger partial charge in [0, 0.05) is 16.1 Å². The summed E-state index contributed by atoms with van der Waals surface area (Å²) < 4.78 is 7.37. The Morgan fingerprint density at radius 1 is 1.07 bits per heavy atom. The predicted molar refractivity (Wildman–Crippen MR) is 114 cm³/mol. The van der Waals surface area contributed by atoms with E-state index in [1.165, 1.54) is 4.40 Å². The number of methoxy groups -OCH3 is 1. The van der Waals surface area contributed by atoms with Crippen LogP contribution in [0.2, 0.25) is 0 Å². The quantitative estimate of drug-likeness (QED) is 0.513. The predicted octanol–water partition coefficient (Wildman–Crippen LogP) is 3.65. The molecule has 4 rings (SSSR count). The Labute approximate surface area is 174 Å². The minimum atomic E-state index is -0.506. The van der Waals surface area contributed by atoms with Crippen molar-refractivity contribution in [1.82, 2.24) is 14.4 Å². The van der Waals surface area contributed by atoms with Gasteiger partial charge in [-0.25, -0.2) is 9.38 Å². The molecule has 2 aromatic heterocycles. The van der Waals surface area contributed by atoms with Crippen molar-refractivity contribution in [1.29, 1.82) is 5.26 Å². The van der Waals surface area contributed by atoms with Crippen LogP contribution >= 0.6 is 15.9 Å². The van der Waals surface area contributed by atoms with Gasteiger partial charge in [0.2, 0.25) is 5.78 Å². The highest BCUT2D eigenvalue weighted by Crippen LogP contribution is 2.26. The summed E-state index contributed by atoms with van der Waals surface area (Å²) in [6.07, 6.45) is 0. The zero-order valence-electron chi connectivity index (χ0n) is 15.3. The second kappa shape index (κ2) is 7.37. The summed E-state index contributed by atoms with van der Waals surface area (Å²) in [7, 11) is 1.56. The van der Waals surface area contributed by atoms with Gasteiger partial charge in [-0.1, -0.05) is 28.1 Å². The van der Waals surface area contributed by atoms with Crippen LogP contribution in [0.5, 0.6) is 5.75 Å². The summed E-state index contributed by atoms with van der Waals surface area (Å²) in [5.74, 6) is 1.00. The zero-order chi connectivity index (χ0) is 20.5. The normalized spacial score (nSPS) is 10.7. The first-order chi connectivity index (χ1) is 14.0. The van der Waals surface area contributed by atoms with Gasteiger partial charge in [0.1, 0.15) is 23.2 Å². The lowest BCUT2D eigenvalue weighted by atomic mass is 10.1. The van der Waals surface area contributed by atoms with Gasteiger partial charge in [0.15, 0.2) is 0 Å². The number of aromatic nitrogens is 3. The van der Waals surface area contributed by atoms with Crippen LogP contribution in [-0.2, 0) is 0 Å². The topological polar surface area (TPSA) is 106 Å². The Balaban J connectivity index is 2.04. The molecule has 0 radical (unpaired) electrons. The van der Waals surface area contributed by atoms with Gasteiger partial charge in [0.05, 0.1) is 18.5 Å². The van der Waals surface area contributed by atoms with E-state index in [-0.39, 0.29) is 22.9 Å². The molecule has 0 amide bonds. The molecule has 0 fully saturated rings. The van der Waals surface area contributed by atoms with Gasteiger partial charge >= 0.3 is 0 Å².